The highest BCUT2D eigenvalue weighted by Gasteiger charge is 2.25. The van der Waals surface area contributed by atoms with Gasteiger partial charge in [-0.05, 0) is 26.3 Å². The Morgan fingerprint density at radius 2 is 1.50 bits per heavy atom. The summed E-state index contributed by atoms with van der Waals surface area (Å²) in [7, 11) is 2.14. The smallest absolute Gasteiger partial charge is 0.0272 e. The van der Waals surface area contributed by atoms with Gasteiger partial charge < -0.3 is 5.73 Å². The molecule has 0 aliphatic rings. The zero-order valence-electron chi connectivity index (χ0n) is 9.44. The summed E-state index contributed by atoms with van der Waals surface area (Å²) in [5.74, 6) is 0. The number of nitrogens with zero attached hydrogens (tertiary/aromatic N) is 1. The molecule has 0 aromatic rings. The summed E-state index contributed by atoms with van der Waals surface area (Å²) < 4.78 is 0. The third-order valence-electron chi connectivity index (χ3n) is 2.24. The molecule has 0 rings (SSSR count). The second-order valence-corrected chi connectivity index (χ2v) is 5.43. The van der Waals surface area contributed by atoms with E-state index in [9.17, 15) is 0 Å². The van der Waals surface area contributed by atoms with Crippen molar-refractivity contribution >= 4 is 0 Å². The Bertz CT molecular complexity index is 133. The molecule has 0 unspecified atom stereocenters. The predicted molar refractivity (Wildman–Crippen MR) is 55.2 cm³/mol. The topological polar surface area (TPSA) is 29.3 Å². The first-order valence-corrected chi connectivity index (χ1v) is 4.60. The van der Waals surface area contributed by atoms with Crippen molar-refractivity contribution in [3.05, 3.63) is 0 Å². The summed E-state index contributed by atoms with van der Waals surface area (Å²) >= 11 is 0. The van der Waals surface area contributed by atoms with E-state index in [-0.39, 0.29) is 5.54 Å². The highest BCUT2D eigenvalue weighted by Crippen LogP contribution is 2.19. The zero-order valence-corrected chi connectivity index (χ0v) is 9.44. The Morgan fingerprint density at radius 3 is 1.75 bits per heavy atom. The fourth-order valence-corrected chi connectivity index (χ4v) is 1.08. The molecule has 74 valence electrons. The summed E-state index contributed by atoms with van der Waals surface area (Å²) in [6, 6.07) is 0. The standard InChI is InChI=1S/C10H24N2/c1-9(2,3)8-12(6)10(4,5)7-11/h7-8,11H2,1-6H3. The van der Waals surface area contributed by atoms with Crippen LogP contribution in [0.15, 0.2) is 0 Å². The summed E-state index contributed by atoms with van der Waals surface area (Å²) in [6.45, 7) is 12.9. The Labute approximate surface area is 77.1 Å². The van der Waals surface area contributed by atoms with E-state index in [4.69, 9.17) is 5.73 Å². The Balaban J connectivity index is 4.13. The lowest BCUT2D eigenvalue weighted by Gasteiger charge is -2.38. The van der Waals surface area contributed by atoms with Gasteiger partial charge in [-0.25, -0.2) is 0 Å². The van der Waals surface area contributed by atoms with Gasteiger partial charge in [-0.15, -0.1) is 0 Å². The number of rotatable bonds is 3. The van der Waals surface area contributed by atoms with Crippen molar-refractivity contribution in [3.8, 4) is 0 Å². The van der Waals surface area contributed by atoms with Gasteiger partial charge in [-0.1, -0.05) is 20.8 Å². The highest BCUT2D eigenvalue weighted by molar-refractivity contribution is 4.82. The van der Waals surface area contributed by atoms with Crippen LogP contribution in [0.3, 0.4) is 0 Å². The first-order chi connectivity index (χ1) is 5.19. The average Bonchev–Trinajstić information content (AvgIpc) is 1.84. The summed E-state index contributed by atoms with van der Waals surface area (Å²) in [4.78, 5) is 2.33. The third-order valence-corrected chi connectivity index (χ3v) is 2.24. The summed E-state index contributed by atoms with van der Waals surface area (Å²) in [5.41, 5.74) is 6.15. The maximum absolute atomic E-state index is 5.68. The predicted octanol–water partition coefficient (Wildman–Crippen LogP) is 1.70. The molecule has 0 aliphatic heterocycles. The fourth-order valence-electron chi connectivity index (χ4n) is 1.08. The van der Waals surface area contributed by atoms with Crippen LogP contribution in [0.1, 0.15) is 34.6 Å². The third kappa shape index (κ3) is 4.07. The van der Waals surface area contributed by atoms with Crippen molar-refractivity contribution in [2.45, 2.75) is 40.2 Å². The minimum absolute atomic E-state index is 0.118. The molecule has 0 aromatic heterocycles. The Kier molecular flexibility index (Phi) is 3.73. The number of likely N-dealkylation sites (N-methyl/N-ethyl adjacent to an activating group) is 1. The lowest BCUT2D eigenvalue weighted by molar-refractivity contribution is 0.115. The van der Waals surface area contributed by atoms with Crippen LogP contribution in [-0.4, -0.2) is 30.6 Å². The van der Waals surface area contributed by atoms with E-state index < -0.39 is 0 Å². The van der Waals surface area contributed by atoms with Crippen molar-refractivity contribution in [1.82, 2.24) is 4.90 Å². The molecule has 0 radical (unpaired) electrons. The van der Waals surface area contributed by atoms with Gasteiger partial charge in [0.25, 0.3) is 0 Å². The van der Waals surface area contributed by atoms with Crippen LogP contribution >= 0.6 is 0 Å². The molecule has 0 saturated heterocycles. The van der Waals surface area contributed by atoms with Crippen LogP contribution in [0.4, 0.5) is 0 Å². The molecule has 0 bridgehead atoms. The van der Waals surface area contributed by atoms with Crippen molar-refractivity contribution in [2.75, 3.05) is 20.1 Å². The van der Waals surface area contributed by atoms with Crippen LogP contribution < -0.4 is 5.73 Å². The first-order valence-electron chi connectivity index (χ1n) is 4.60. The van der Waals surface area contributed by atoms with E-state index in [1.807, 2.05) is 0 Å². The van der Waals surface area contributed by atoms with E-state index in [0.717, 1.165) is 6.54 Å². The van der Waals surface area contributed by atoms with Crippen LogP contribution in [0.5, 0.6) is 0 Å². The van der Waals surface area contributed by atoms with E-state index in [1.54, 1.807) is 0 Å². The minimum Gasteiger partial charge on any atom is -0.329 e. The maximum atomic E-state index is 5.68. The van der Waals surface area contributed by atoms with Crippen LogP contribution in [0.25, 0.3) is 0 Å². The monoisotopic (exact) mass is 172 g/mol. The lowest BCUT2D eigenvalue weighted by atomic mass is 9.93. The van der Waals surface area contributed by atoms with Crippen molar-refractivity contribution in [3.63, 3.8) is 0 Å². The molecule has 0 fully saturated rings. The molecule has 0 saturated carbocycles. The van der Waals surface area contributed by atoms with Gasteiger partial charge in [0.2, 0.25) is 0 Å². The van der Waals surface area contributed by atoms with Gasteiger partial charge in [-0.2, -0.15) is 0 Å². The van der Waals surface area contributed by atoms with Crippen molar-refractivity contribution in [2.24, 2.45) is 11.1 Å². The van der Waals surface area contributed by atoms with Crippen LogP contribution in [0, 0.1) is 5.41 Å². The number of nitrogens with two attached hydrogens (primary N) is 1. The summed E-state index contributed by atoms with van der Waals surface area (Å²) in [6.07, 6.45) is 0. The SMILES string of the molecule is CN(CC(C)(C)C)C(C)(C)CN. The number of hydrogen-bond donors (Lipinski definition) is 1. The second-order valence-electron chi connectivity index (χ2n) is 5.43. The highest BCUT2D eigenvalue weighted by atomic mass is 15.2. The largest absolute Gasteiger partial charge is 0.329 e. The molecule has 0 aliphatic carbocycles. The van der Waals surface area contributed by atoms with Crippen molar-refractivity contribution < 1.29 is 0 Å². The van der Waals surface area contributed by atoms with Gasteiger partial charge in [-0.3, -0.25) is 4.90 Å². The van der Waals surface area contributed by atoms with E-state index in [2.05, 4.69) is 46.6 Å². The van der Waals surface area contributed by atoms with Gasteiger partial charge >= 0.3 is 0 Å². The lowest BCUT2D eigenvalue weighted by Crippen LogP contribution is -2.49. The van der Waals surface area contributed by atoms with Gasteiger partial charge in [0, 0.05) is 18.6 Å². The van der Waals surface area contributed by atoms with Crippen LogP contribution in [0.2, 0.25) is 0 Å². The summed E-state index contributed by atoms with van der Waals surface area (Å²) in [5, 5.41) is 0. The maximum Gasteiger partial charge on any atom is 0.0272 e. The zero-order chi connectivity index (χ0) is 9.99. The quantitative estimate of drug-likeness (QED) is 0.702. The van der Waals surface area contributed by atoms with Gasteiger partial charge in [0.15, 0.2) is 0 Å². The fraction of sp³-hybridized carbons (Fsp3) is 1.00. The molecular weight excluding hydrogens is 148 g/mol. The molecule has 0 atom stereocenters. The van der Waals surface area contributed by atoms with E-state index >= 15 is 0 Å². The number of hydrogen-bond acceptors (Lipinski definition) is 2. The molecule has 0 spiro atoms. The van der Waals surface area contributed by atoms with Gasteiger partial charge in [0.1, 0.15) is 0 Å². The first kappa shape index (κ1) is 11.9. The van der Waals surface area contributed by atoms with Gasteiger partial charge in [0.05, 0.1) is 0 Å². The molecule has 0 heterocycles. The van der Waals surface area contributed by atoms with Crippen molar-refractivity contribution in [1.29, 1.82) is 0 Å². The molecule has 0 aromatic carbocycles. The molecule has 2 nitrogen and oxygen atoms in total. The molecule has 2 heteroatoms. The normalized spacial score (nSPS) is 14.0. The second kappa shape index (κ2) is 3.75. The Morgan fingerprint density at radius 1 is 1.08 bits per heavy atom. The van der Waals surface area contributed by atoms with E-state index in [1.165, 1.54) is 0 Å². The molecular formula is C10H24N2. The molecule has 0 amide bonds. The van der Waals surface area contributed by atoms with E-state index in [0.29, 0.717) is 12.0 Å². The van der Waals surface area contributed by atoms with Crippen LogP contribution in [-0.2, 0) is 0 Å². The molecule has 2 N–H and O–H groups in total. The Hall–Kier alpha value is -0.0800. The molecule has 12 heavy (non-hydrogen) atoms. The minimum atomic E-state index is 0.118. The average molecular weight is 172 g/mol.